The minimum atomic E-state index is -0.120. The lowest BCUT2D eigenvalue weighted by Crippen LogP contribution is -2.27. The number of anilines is 1. The van der Waals surface area contributed by atoms with Gasteiger partial charge in [0.2, 0.25) is 0 Å². The molecule has 4 aromatic carbocycles. The molecule has 1 saturated heterocycles. The van der Waals surface area contributed by atoms with Gasteiger partial charge in [-0.15, -0.1) is 0 Å². The predicted molar refractivity (Wildman–Crippen MR) is 164 cm³/mol. The predicted octanol–water partition coefficient (Wildman–Crippen LogP) is 8.87. The van der Waals surface area contributed by atoms with Gasteiger partial charge in [0.15, 0.2) is 4.32 Å². The Bertz CT molecular complexity index is 1660. The zero-order chi connectivity index (χ0) is 26.1. The van der Waals surface area contributed by atoms with E-state index in [9.17, 15) is 4.79 Å². The first-order valence-electron chi connectivity index (χ1n) is 12.1. The van der Waals surface area contributed by atoms with Gasteiger partial charge in [0.1, 0.15) is 0 Å². The van der Waals surface area contributed by atoms with Crippen molar-refractivity contribution in [1.82, 2.24) is 4.57 Å². The first kappa shape index (κ1) is 24.4. The van der Waals surface area contributed by atoms with Crippen molar-refractivity contribution in [2.45, 2.75) is 0 Å². The van der Waals surface area contributed by atoms with E-state index in [-0.39, 0.29) is 5.91 Å². The molecule has 0 aliphatic carbocycles. The molecule has 0 saturated carbocycles. The molecule has 1 amide bonds. The van der Waals surface area contributed by atoms with Gasteiger partial charge in [-0.2, -0.15) is 0 Å². The molecule has 6 heteroatoms. The number of halogens is 1. The second-order valence-corrected chi connectivity index (χ2v) is 10.8. The molecular formula is C32H21ClN2OS2. The van der Waals surface area contributed by atoms with Gasteiger partial charge in [-0.1, -0.05) is 114 Å². The molecule has 1 aliphatic rings. The van der Waals surface area contributed by atoms with E-state index in [1.165, 1.54) is 11.8 Å². The van der Waals surface area contributed by atoms with Gasteiger partial charge >= 0.3 is 0 Å². The van der Waals surface area contributed by atoms with Crippen LogP contribution in [0.5, 0.6) is 0 Å². The number of amides is 1. The van der Waals surface area contributed by atoms with Crippen molar-refractivity contribution in [3.05, 3.63) is 137 Å². The summed E-state index contributed by atoms with van der Waals surface area (Å²) in [5, 5.41) is 0.674. The Balaban J connectivity index is 1.58. The Labute approximate surface area is 236 Å². The molecule has 3 nitrogen and oxygen atoms in total. The summed E-state index contributed by atoms with van der Waals surface area (Å²) in [5.41, 5.74) is 6.77. The number of carbonyl (C=O) groups is 1. The van der Waals surface area contributed by atoms with Crippen molar-refractivity contribution >= 4 is 57.6 Å². The van der Waals surface area contributed by atoms with E-state index in [2.05, 4.69) is 34.9 Å². The van der Waals surface area contributed by atoms with Crippen LogP contribution >= 0.6 is 35.6 Å². The monoisotopic (exact) mass is 548 g/mol. The molecule has 0 N–H and O–H groups in total. The Morgan fingerprint density at radius 3 is 1.92 bits per heavy atom. The maximum Gasteiger partial charge on any atom is 0.270 e. The third kappa shape index (κ3) is 4.61. The van der Waals surface area contributed by atoms with E-state index >= 15 is 0 Å². The molecule has 0 radical (unpaired) electrons. The molecule has 2 heterocycles. The van der Waals surface area contributed by atoms with Crippen LogP contribution in [-0.4, -0.2) is 14.8 Å². The molecular weight excluding hydrogens is 528 g/mol. The summed E-state index contributed by atoms with van der Waals surface area (Å²) in [6.45, 7) is 0. The quantitative estimate of drug-likeness (QED) is 0.162. The molecule has 6 rings (SSSR count). The summed E-state index contributed by atoms with van der Waals surface area (Å²) in [5.74, 6) is -0.120. The molecule has 38 heavy (non-hydrogen) atoms. The smallest absolute Gasteiger partial charge is 0.270 e. The van der Waals surface area contributed by atoms with Gasteiger partial charge < -0.3 is 4.57 Å². The fourth-order valence-corrected chi connectivity index (χ4v) is 6.04. The second-order valence-electron chi connectivity index (χ2n) is 8.73. The zero-order valence-corrected chi connectivity index (χ0v) is 22.5. The third-order valence-corrected chi connectivity index (χ3v) is 7.88. The summed E-state index contributed by atoms with van der Waals surface area (Å²) in [4.78, 5) is 15.8. The third-order valence-electron chi connectivity index (χ3n) is 6.33. The SMILES string of the molecule is O=C1/C(=C/c2cc(-c3ccccc3)n(-c3ccc(Cl)cc3)c2-c2ccccc2)SC(=S)N1c1ccccc1. The standard InChI is InChI=1S/C32H21ClN2OS2/c33-25-16-18-27(19-17-25)34-28(22-10-4-1-5-11-22)20-24(30(34)23-12-6-2-7-13-23)21-29-31(36)35(32(37)38-29)26-14-8-3-9-15-26/h1-21H/b29-21-. The van der Waals surface area contributed by atoms with E-state index in [1.807, 2.05) is 97.1 Å². The number of nitrogens with zero attached hydrogens (tertiary/aromatic N) is 2. The average molecular weight is 549 g/mol. The number of aromatic nitrogens is 1. The lowest BCUT2D eigenvalue weighted by molar-refractivity contribution is -0.113. The first-order chi connectivity index (χ1) is 18.6. The maximum absolute atomic E-state index is 13.6. The highest BCUT2D eigenvalue weighted by atomic mass is 35.5. The van der Waals surface area contributed by atoms with Crippen molar-refractivity contribution in [3.63, 3.8) is 0 Å². The van der Waals surface area contributed by atoms with Crippen LogP contribution in [0.1, 0.15) is 5.56 Å². The molecule has 184 valence electrons. The largest absolute Gasteiger partial charge is 0.309 e. The number of thioether (sulfide) groups is 1. The summed E-state index contributed by atoms with van der Waals surface area (Å²) in [6, 6.07) is 40.0. The van der Waals surface area contributed by atoms with Crippen LogP contribution in [-0.2, 0) is 4.79 Å². The van der Waals surface area contributed by atoms with E-state index in [4.69, 9.17) is 23.8 Å². The number of rotatable bonds is 5. The Hall–Kier alpha value is -3.90. The summed E-state index contributed by atoms with van der Waals surface area (Å²) < 4.78 is 2.75. The second kappa shape index (κ2) is 10.5. The van der Waals surface area contributed by atoms with E-state index in [0.717, 1.165) is 39.5 Å². The number of benzene rings is 4. The van der Waals surface area contributed by atoms with Crippen molar-refractivity contribution in [2.24, 2.45) is 0 Å². The minimum Gasteiger partial charge on any atom is -0.309 e. The van der Waals surface area contributed by atoms with Crippen LogP contribution in [0, 0.1) is 0 Å². The Morgan fingerprint density at radius 2 is 1.29 bits per heavy atom. The number of hydrogen-bond donors (Lipinski definition) is 0. The first-order valence-corrected chi connectivity index (χ1v) is 13.7. The van der Waals surface area contributed by atoms with Gasteiger partial charge in [0.05, 0.1) is 22.0 Å². The average Bonchev–Trinajstić information content (AvgIpc) is 3.47. The number of carbonyl (C=O) groups excluding carboxylic acids is 1. The Morgan fingerprint density at radius 1 is 0.711 bits per heavy atom. The van der Waals surface area contributed by atoms with Crippen molar-refractivity contribution < 1.29 is 4.79 Å². The summed E-state index contributed by atoms with van der Waals surface area (Å²) in [6.07, 6.45) is 1.96. The highest BCUT2D eigenvalue weighted by Crippen LogP contribution is 2.41. The van der Waals surface area contributed by atoms with Gasteiger partial charge in [0.25, 0.3) is 5.91 Å². The molecule has 5 aromatic rings. The van der Waals surface area contributed by atoms with Crippen LogP contribution in [0.2, 0.25) is 5.02 Å². The van der Waals surface area contributed by atoms with Gasteiger partial charge in [-0.3, -0.25) is 9.69 Å². The van der Waals surface area contributed by atoms with Crippen LogP contribution in [0.15, 0.2) is 126 Å². The van der Waals surface area contributed by atoms with E-state index in [0.29, 0.717) is 14.2 Å². The van der Waals surface area contributed by atoms with E-state index < -0.39 is 0 Å². The molecule has 1 aromatic heterocycles. The zero-order valence-electron chi connectivity index (χ0n) is 20.1. The number of hydrogen-bond acceptors (Lipinski definition) is 3. The molecule has 0 unspecified atom stereocenters. The lowest BCUT2D eigenvalue weighted by Gasteiger charge is -2.15. The van der Waals surface area contributed by atoms with E-state index in [1.54, 1.807) is 4.90 Å². The van der Waals surface area contributed by atoms with Crippen molar-refractivity contribution in [1.29, 1.82) is 0 Å². The van der Waals surface area contributed by atoms with Crippen molar-refractivity contribution in [2.75, 3.05) is 4.90 Å². The highest BCUT2D eigenvalue weighted by Gasteiger charge is 2.33. The summed E-state index contributed by atoms with van der Waals surface area (Å²) in [7, 11) is 0. The van der Waals surface area contributed by atoms with Gasteiger partial charge in [-0.25, -0.2) is 0 Å². The fourth-order valence-electron chi connectivity index (χ4n) is 4.62. The topological polar surface area (TPSA) is 25.2 Å². The molecule has 0 spiro atoms. The molecule has 0 atom stereocenters. The highest BCUT2D eigenvalue weighted by molar-refractivity contribution is 8.27. The maximum atomic E-state index is 13.6. The molecule has 1 fully saturated rings. The number of thiocarbonyl (C=S) groups is 1. The minimum absolute atomic E-state index is 0.120. The Kier molecular flexibility index (Phi) is 6.73. The molecule has 0 bridgehead atoms. The lowest BCUT2D eigenvalue weighted by atomic mass is 10.1. The van der Waals surface area contributed by atoms with Crippen molar-refractivity contribution in [3.8, 4) is 28.2 Å². The van der Waals surface area contributed by atoms with Crippen LogP contribution in [0.3, 0.4) is 0 Å². The fraction of sp³-hybridized carbons (Fsp3) is 0. The summed E-state index contributed by atoms with van der Waals surface area (Å²) >= 11 is 13.2. The van der Waals surface area contributed by atoms with Crippen LogP contribution < -0.4 is 4.90 Å². The van der Waals surface area contributed by atoms with Gasteiger partial charge in [-0.05, 0) is 59.7 Å². The molecule has 1 aliphatic heterocycles. The number of para-hydroxylation sites is 1. The normalized spacial score (nSPS) is 14.4. The van der Waals surface area contributed by atoms with Crippen LogP contribution in [0.4, 0.5) is 5.69 Å². The van der Waals surface area contributed by atoms with Gasteiger partial charge in [0, 0.05) is 16.3 Å². The van der Waals surface area contributed by atoms with Crippen LogP contribution in [0.25, 0.3) is 34.3 Å².